The molecule has 0 atom stereocenters. The zero-order valence-electron chi connectivity index (χ0n) is 16.9. The van der Waals surface area contributed by atoms with Crippen molar-refractivity contribution < 1.29 is 9.53 Å². The van der Waals surface area contributed by atoms with Gasteiger partial charge in [-0.2, -0.15) is 0 Å². The number of para-hydroxylation sites is 1. The number of rotatable bonds is 7. The van der Waals surface area contributed by atoms with Gasteiger partial charge in [0.2, 0.25) is 0 Å². The number of amides is 1. The third-order valence-electron chi connectivity index (χ3n) is 4.87. The highest BCUT2D eigenvalue weighted by molar-refractivity contribution is 5.95. The summed E-state index contributed by atoms with van der Waals surface area (Å²) in [4.78, 5) is 29.8. The van der Waals surface area contributed by atoms with Crippen LogP contribution in [0.5, 0.6) is 5.75 Å². The minimum Gasteiger partial charge on any atom is -0.496 e. The van der Waals surface area contributed by atoms with Gasteiger partial charge in [-0.1, -0.05) is 31.2 Å². The summed E-state index contributed by atoms with van der Waals surface area (Å²) in [6.07, 6.45) is 2.23. The molecule has 3 aromatic rings. The van der Waals surface area contributed by atoms with Crippen LogP contribution in [-0.4, -0.2) is 22.6 Å². The maximum Gasteiger partial charge on any atom is 0.257 e. The predicted octanol–water partition coefficient (Wildman–Crippen LogP) is 3.10. The van der Waals surface area contributed by atoms with E-state index in [4.69, 9.17) is 4.74 Å². The second-order valence-corrected chi connectivity index (χ2v) is 6.73. The minimum absolute atomic E-state index is 0.184. The summed E-state index contributed by atoms with van der Waals surface area (Å²) in [5, 5.41) is 2.82. The van der Waals surface area contributed by atoms with E-state index in [1.54, 1.807) is 13.3 Å². The summed E-state index contributed by atoms with van der Waals surface area (Å²) in [5.41, 5.74) is 3.15. The van der Waals surface area contributed by atoms with Gasteiger partial charge in [0.1, 0.15) is 11.3 Å². The normalized spacial score (nSPS) is 10.6. The summed E-state index contributed by atoms with van der Waals surface area (Å²) < 4.78 is 7.47. The van der Waals surface area contributed by atoms with Crippen LogP contribution in [0.15, 0.2) is 59.5 Å². The van der Waals surface area contributed by atoms with Gasteiger partial charge in [-0.05, 0) is 31.5 Å². The molecule has 6 heteroatoms. The van der Waals surface area contributed by atoms with E-state index >= 15 is 0 Å². The van der Waals surface area contributed by atoms with Gasteiger partial charge in [0.15, 0.2) is 5.43 Å². The van der Waals surface area contributed by atoms with Crippen LogP contribution in [0.25, 0.3) is 0 Å². The summed E-state index contributed by atoms with van der Waals surface area (Å²) in [6.45, 7) is 4.61. The van der Waals surface area contributed by atoms with Crippen molar-refractivity contribution in [3.63, 3.8) is 0 Å². The monoisotopic (exact) mass is 391 g/mol. The highest BCUT2D eigenvalue weighted by Crippen LogP contribution is 2.21. The van der Waals surface area contributed by atoms with E-state index in [1.165, 1.54) is 6.07 Å². The molecule has 1 amide bonds. The summed E-state index contributed by atoms with van der Waals surface area (Å²) in [7, 11) is 1.63. The van der Waals surface area contributed by atoms with Crippen LogP contribution in [0.3, 0.4) is 0 Å². The van der Waals surface area contributed by atoms with Crippen molar-refractivity contribution in [2.75, 3.05) is 7.11 Å². The number of ether oxygens (including phenoxy) is 1. The quantitative estimate of drug-likeness (QED) is 0.672. The molecular weight excluding hydrogens is 366 g/mol. The average molecular weight is 391 g/mol. The first-order chi connectivity index (χ1) is 14.0. The number of aromatic nitrogens is 2. The zero-order valence-corrected chi connectivity index (χ0v) is 16.9. The molecule has 0 radical (unpaired) electrons. The molecule has 2 heterocycles. The SMILES string of the molecule is CCc1c(C(=O)NCc2ccccn2)c(=O)cc(C)n1Cc1ccccc1OC. The Balaban J connectivity index is 1.96. The smallest absolute Gasteiger partial charge is 0.257 e. The van der Waals surface area contributed by atoms with Gasteiger partial charge >= 0.3 is 0 Å². The van der Waals surface area contributed by atoms with Crippen LogP contribution < -0.4 is 15.5 Å². The van der Waals surface area contributed by atoms with Crippen molar-refractivity contribution in [1.82, 2.24) is 14.9 Å². The number of methoxy groups -OCH3 is 1. The molecule has 150 valence electrons. The molecule has 0 unspecified atom stereocenters. The van der Waals surface area contributed by atoms with Gasteiger partial charge in [-0.3, -0.25) is 14.6 Å². The van der Waals surface area contributed by atoms with Crippen LogP contribution in [0.4, 0.5) is 0 Å². The fourth-order valence-corrected chi connectivity index (χ4v) is 3.43. The molecule has 29 heavy (non-hydrogen) atoms. The van der Waals surface area contributed by atoms with Crippen LogP contribution in [0, 0.1) is 6.92 Å². The van der Waals surface area contributed by atoms with Crippen LogP contribution >= 0.6 is 0 Å². The Bertz CT molecular complexity index is 1060. The van der Waals surface area contributed by atoms with Crippen molar-refractivity contribution in [2.45, 2.75) is 33.4 Å². The summed E-state index contributed by atoms with van der Waals surface area (Å²) >= 11 is 0. The lowest BCUT2D eigenvalue weighted by molar-refractivity contribution is 0.0947. The molecular formula is C23H25N3O3. The Kier molecular flexibility index (Phi) is 6.44. The first-order valence-electron chi connectivity index (χ1n) is 9.58. The third-order valence-corrected chi connectivity index (χ3v) is 4.87. The molecule has 0 bridgehead atoms. The molecule has 1 aromatic carbocycles. The molecule has 0 aliphatic heterocycles. The van der Waals surface area contributed by atoms with E-state index in [0.717, 1.165) is 22.7 Å². The number of benzene rings is 1. The fraction of sp³-hybridized carbons (Fsp3) is 0.261. The first-order valence-corrected chi connectivity index (χ1v) is 9.58. The number of hydrogen-bond acceptors (Lipinski definition) is 4. The van der Waals surface area contributed by atoms with Crippen molar-refractivity contribution in [3.8, 4) is 5.75 Å². The van der Waals surface area contributed by atoms with Crippen LogP contribution in [0.1, 0.15) is 39.9 Å². The van der Waals surface area contributed by atoms with Crippen molar-refractivity contribution in [3.05, 3.63) is 93.2 Å². The lowest BCUT2D eigenvalue weighted by Crippen LogP contribution is -2.32. The van der Waals surface area contributed by atoms with Gasteiger partial charge in [0, 0.05) is 29.2 Å². The topological polar surface area (TPSA) is 73.2 Å². The van der Waals surface area contributed by atoms with E-state index in [-0.39, 0.29) is 23.4 Å². The number of nitrogens with zero attached hydrogens (tertiary/aromatic N) is 2. The van der Waals surface area contributed by atoms with Gasteiger partial charge in [0.05, 0.1) is 25.9 Å². The van der Waals surface area contributed by atoms with E-state index in [9.17, 15) is 9.59 Å². The Hall–Kier alpha value is -3.41. The number of pyridine rings is 2. The molecule has 3 rings (SSSR count). The van der Waals surface area contributed by atoms with Gasteiger partial charge in [0.25, 0.3) is 5.91 Å². The van der Waals surface area contributed by atoms with Crippen molar-refractivity contribution in [1.29, 1.82) is 0 Å². The van der Waals surface area contributed by atoms with Gasteiger partial charge < -0.3 is 14.6 Å². The van der Waals surface area contributed by atoms with E-state index in [2.05, 4.69) is 10.3 Å². The van der Waals surface area contributed by atoms with E-state index in [0.29, 0.717) is 18.7 Å². The molecule has 0 aliphatic carbocycles. The largest absolute Gasteiger partial charge is 0.496 e. The Morgan fingerprint density at radius 3 is 2.62 bits per heavy atom. The number of carbonyl (C=O) groups excluding carboxylic acids is 1. The molecule has 1 N–H and O–H groups in total. The van der Waals surface area contributed by atoms with E-state index in [1.807, 2.05) is 60.9 Å². The molecule has 0 spiro atoms. The molecule has 6 nitrogen and oxygen atoms in total. The van der Waals surface area contributed by atoms with Gasteiger partial charge in [-0.15, -0.1) is 0 Å². The zero-order chi connectivity index (χ0) is 20.8. The lowest BCUT2D eigenvalue weighted by Gasteiger charge is -2.20. The average Bonchev–Trinajstić information content (AvgIpc) is 2.74. The van der Waals surface area contributed by atoms with Crippen LogP contribution in [-0.2, 0) is 19.5 Å². The molecule has 0 aliphatic rings. The highest BCUT2D eigenvalue weighted by atomic mass is 16.5. The number of nitrogens with one attached hydrogen (secondary N) is 1. The standard InChI is InChI=1S/C23H25N3O3/c1-4-19-22(23(28)25-14-18-10-7-8-12-24-18)20(27)13-16(2)26(19)15-17-9-5-6-11-21(17)29-3/h5-13H,4,14-15H2,1-3H3,(H,25,28). The third kappa shape index (κ3) is 4.54. The second kappa shape index (κ2) is 9.19. The van der Waals surface area contributed by atoms with Crippen molar-refractivity contribution >= 4 is 5.91 Å². The maximum absolute atomic E-state index is 12.9. The lowest BCUT2D eigenvalue weighted by atomic mass is 10.1. The first kappa shape index (κ1) is 20.3. The van der Waals surface area contributed by atoms with Gasteiger partial charge in [-0.25, -0.2) is 0 Å². The Labute approximate surface area is 170 Å². The molecule has 0 saturated heterocycles. The minimum atomic E-state index is -0.383. The summed E-state index contributed by atoms with van der Waals surface area (Å²) in [5.74, 6) is 0.389. The Morgan fingerprint density at radius 1 is 1.17 bits per heavy atom. The maximum atomic E-state index is 12.9. The van der Waals surface area contributed by atoms with Crippen molar-refractivity contribution in [2.24, 2.45) is 0 Å². The Morgan fingerprint density at radius 2 is 1.93 bits per heavy atom. The summed E-state index contributed by atoms with van der Waals surface area (Å²) in [6, 6.07) is 14.8. The molecule has 2 aromatic heterocycles. The fourth-order valence-electron chi connectivity index (χ4n) is 3.43. The van der Waals surface area contributed by atoms with E-state index < -0.39 is 0 Å². The number of aryl methyl sites for hydroxylation is 1. The molecule has 0 saturated carbocycles. The number of hydrogen-bond donors (Lipinski definition) is 1. The number of carbonyl (C=O) groups is 1. The van der Waals surface area contributed by atoms with Crippen LogP contribution in [0.2, 0.25) is 0 Å². The molecule has 0 fully saturated rings. The predicted molar refractivity (Wildman–Crippen MR) is 112 cm³/mol. The second-order valence-electron chi connectivity index (χ2n) is 6.73. The highest BCUT2D eigenvalue weighted by Gasteiger charge is 2.20.